The van der Waals surface area contributed by atoms with Crippen LogP contribution in [0.25, 0.3) is 6.08 Å². The Morgan fingerprint density at radius 1 is 1.23 bits per heavy atom. The first kappa shape index (κ1) is 18.7. The number of rotatable bonds is 6. The largest absolute Gasteiger partial charge is 0.467 e. The van der Waals surface area contributed by atoms with Gasteiger partial charge in [0.15, 0.2) is 0 Å². The van der Waals surface area contributed by atoms with E-state index >= 15 is 0 Å². The first-order valence-corrected chi connectivity index (χ1v) is 7.87. The van der Waals surface area contributed by atoms with Gasteiger partial charge in [-0.2, -0.15) is 5.26 Å². The number of hydrogen-bond acceptors (Lipinski definition) is 5. The molecule has 0 unspecified atom stereocenters. The minimum absolute atomic E-state index is 0.0363. The molecule has 6 heteroatoms. The molecule has 6 nitrogen and oxygen atoms in total. The fourth-order valence-electron chi connectivity index (χ4n) is 2.00. The monoisotopic (exact) mass is 350 g/mol. The summed E-state index contributed by atoms with van der Waals surface area (Å²) in [5.41, 5.74) is 1.44. The zero-order chi connectivity index (χ0) is 18.9. The first-order chi connectivity index (χ1) is 12.5. The van der Waals surface area contributed by atoms with Crippen molar-refractivity contribution in [1.29, 1.82) is 5.26 Å². The fourth-order valence-corrected chi connectivity index (χ4v) is 2.00. The number of nitriles is 1. The molecular weight excluding hydrogens is 332 g/mol. The topological polar surface area (TPSA) is 92.3 Å². The fraction of sp³-hybridized carbons (Fsp3) is 0.150. The second-order valence-corrected chi connectivity index (χ2v) is 5.64. The minimum Gasteiger partial charge on any atom is -0.467 e. The number of hydrogen-bond donors (Lipinski definition) is 1. The highest BCUT2D eigenvalue weighted by molar-refractivity contribution is 6.01. The molecular formula is C20H18N2O4. The predicted octanol–water partition coefficient (Wildman–Crippen LogP) is 3.37. The highest BCUT2D eigenvalue weighted by Gasteiger charge is 2.09. The Morgan fingerprint density at radius 2 is 1.96 bits per heavy atom. The van der Waals surface area contributed by atoms with Crippen LogP contribution >= 0.6 is 0 Å². The van der Waals surface area contributed by atoms with Crippen molar-refractivity contribution < 1.29 is 18.7 Å². The molecule has 132 valence electrons. The lowest BCUT2D eigenvalue weighted by Gasteiger charge is -2.04. The van der Waals surface area contributed by atoms with Gasteiger partial charge >= 0.3 is 5.97 Å². The molecule has 1 heterocycles. The van der Waals surface area contributed by atoms with Crippen molar-refractivity contribution in [1.82, 2.24) is 5.32 Å². The number of nitrogens with one attached hydrogen (secondary N) is 1. The van der Waals surface area contributed by atoms with E-state index in [2.05, 4.69) is 5.32 Å². The summed E-state index contributed by atoms with van der Waals surface area (Å²) in [6.07, 6.45) is 4.36. The Labute approximate surface area is 151 Å². The molecule has 0 aliphatic carbocycles. The molecule has 0 fully saturated rings. The van der Waals surface area contributed by atoms with E-state index in [1.54, 1.807) is 50.2 Å². The molecule has 2 aromatic rings. The number of furan rings is 1. The van der Waals surface area contributed by atoms with Crippen LogP contribution in [-0.4, -0.2) is 11.9 Å². The molecule has 1 aromatic heterocycles. The summed E-state index contributed by atoms with van der Waals surface area (Å²) in [6, 6.07) is 11.8. The van der Waals surface area contributed by atoms with Crippen LogP contribution in [0.1, 0.15) is 25.2 Å². The van der Waals surface area contributed by atoms with Gasteiger partial charge in [0.1, 0.15) is 23.2 Å². The Morgan fingerprint density at radius 3 is 2.54 bits per heavy atom. The third kappa shape index (κ3) is 5.80. The molecule has 0 radical (unpaired) electrons. The van der Waals surface area contributed by atoms with Crippen molar-refractivity contribution in [2.75, 3.05) is 0 Å². The number of amides is 1. The van der Waals surface area contributed by atoms with Crippen molar-refractivity contribution in [2.45, 2.75) is 20.4 Å². The quantitative estimate of drug-likeness (QED) is 0.373. The summed E-state index contributed by atoms with van der Waals surface area (Å²) in [7, 11) is 0. The predicted molar refractivity (Wildman–Crippen MR) is 95.7 cm³/mol. The van der Waals surface area contributed by atoms with Crippen LogP contribution in [0, 0.1) is 11.3 Å². The zero-order valence-corrected chi connectivity index (χ0v) is 14.5. The van der Waals surface area contributed by atoms with Crippen LogP contribution in [0.5, 0.6) is 5.75 Å². The van der Waals surface area contributed by atoms with E-state index in [4.69, 9.17) is 9.15 Å². The summed E-state index contributed by atoms with van der Waals surface area (Å²) in [6.45, 7) is 3.80. The number of nitrogens with zero attached hydrogens (tertiary/aromatic N) is 1. The van der Waals surface area contributed by atoms with Crippen molar-refractivity contribution in [3.8, 4) is 11.8 Å². The second-order valence-electron chi connectivity index (χ2n) is 5.64. The van der Waals surface area contributed by atoms with Gasteiger partial charge in [-0.1, -0.05) is 17.7 Å². The molecule has 0 aliphatic heterocycles. The van der Waals surface area contributed by atoms with Crippen LogP contribution in [0.3, 0.4) is 0 Å². The third-order valence-corrected chi connectivity index (χ3v) is 3.18. The van der Waals surface area contributed by atoms with Crippen LogP contribution in [0.15, 0.2) is 64.3 Å². The van der Waals surface area contributed by atoms with Gasteiger partial charge in [0.25, 0.3) is 5.91 Å². The van der Waals surface area contributed by atoms with Crippen molar-refractivity contribution in [2.24, 2.45) is 0 Å². The summed E-state index contributed by atoms with van der Waals surface area (Å²) in [5.74, 6) is 0.0230. The van der Waals surface area contributed by atoms with E-state index in [0.717, 1.165) is 5.57 Å². The molecule has 0 saturated heterocycles. The van der Waals surface area contributed by atoms with Gasteiger partial charge in [0.2, 0.25) is 0 Å². The van der Waals surface area contributed by atoms with Crippen molar-refractivity contribution in [3.05, 3.63) is 71.2 Å². The van der Waals surface area contributed by atoms with Gasteiger partial charge in [-0.25, -0.2) is 4.79 Å². The molecule has 0 atom stereocenters. The van der Waals surface area contributed by atoms with Crippen LogP contribution in [0.4, 0.5) is 0 Å². The summed E-state index contributed by atoms with van der Waals surface area (Å²) in [5, 5.41) is 11.8. The van der Waals surface area contributed by atoms with Gasteiger partial charge in [0.05, 0.1) is 12.8 Å². The van der Waals surface area contributed by atoms with Crippen LogP contribution in [-0.2, 0) is 16.1 Å². The smallest absolute Gasteiger partial charge is 0.336 e. The molecule has 0 saturated carbocycles. The van der Waals surface area contributed by atoms with Gasteiger partial charge < -0.3 is 14.5 Å². The SMILES string of the molecule is CC(C)=CC(=O)Oc1ccc(/C=C(\C#N)C(=O)NCc2ccco2)cc1. The van der Waals surface area contributed by atoms with E-state index < -0.39 is 11.9 Å². The molecule has 1 N–H and O–H groups in total. The highest BCUT2D eigenvalue weighted by Crippen LogP contribution is 2.15. The number of allylic oxidation sites excluding steroid dienone is 1. The van der Waals surface area contributed by atoms with Gasteiger partial charge in [-0.15, -0.1) is 0 Å². The van der Waals surface area contributed by atoms with E-state index in [1.807, 2.05) is 6.07 Å². The van der Waals surface area contributed by atoms with Crippen molar-refractivity contribution >= 4 is 18.0 Å². The normalized spacial score (nSPS) is 10.6. The molecule has 1 aromatic carbocycles. The number of ether oxygens (including phenoxy) is 1. The second kappa shape index (κ2) is 9.04. The molecule has 1 amide bonds. The van der Waals surface area contributed by atoms with Crippen LogP contribution < -0.4 is 10.1 Å². The Balaban J connectivity index is 2.01. The molecule has 0 aliphatic rings. The van der Waals surface area contributed by atoms with E-state index in [1.165, 1.54) is 18.4 Å². The Kier molecular flexibility index (Phi) is 6.52. The molecule has 0 spiro atoms. The van der Waals surface area contributed by atoms with Gasteiger partial charge in [-0.3, -0.25) is 4.79 Å². The maximum absolute atomic E-state index is 12.1. The maximum atomic E-state index is 12.1. The molecule has 0 bridgehead atoms. The lowest BCUT2D eigenvalue weighted by atomic mass is 10.1. The van der Waals surface area contributed by atoms with Gasteiger partial charge in [-0.05, 0) is 49.8 Å². The van der Waals surface area contributed by atoms with E-state index in [-0.39, 0.29) is 12.1 Å². The van der Waals surface area contributed by atoms with Gasteiger partial charge in [0, 0.05) is 6.08 Å². The maximum Gasteiger partial charge on any atom is 0.336 e. The zero-order valence-electron chi connectivity index (χ0n) is 14.5. The lowest BCUT2D eigenvalue weighted by Crippen LogP contribution is -2.23. The lowest BCUT2D eigenvalue weighted by molar-refractivity contribution is -0.129. The number of carbonyl (C=O) groups is 2. The Hall–Kier alpha value is -3.59. The van der Waals surface area contributed by atoms with Crippen LogP contribution in [0.2, 0.25) is 0 Å². The summed E-state index contributed by atoms with van der Waals surface area (Å²) < 4.78 is 10.3. The number of benzene rings is 1. The minimum atomic E-state index is -0.497. The third-order valence-electron chi connectivity index (χ3n) is 3.18. The average molecular weight is 350 g/mol. The summed E-state index contributed by atoms with van der Waals surface area (Å²) >= 11 is 0. The average Bonchev–Trinajstić information content (AvgIpc) is 3.11. The molecule has 26 heavy (non-hydrogen) atoms. The van der Waals surface area contributed by atoms with Crippen molar-refractivity contribution in [3.63, 3.8) is 0 Å². The highest BCUT2D eigenvalue weighted by atomic mass is 16.5. The molecule has 2 rings (SSSR count). The number of esters is 1. The van der Waals surface area contributed by atoms with E-state index in [9.17, 15) is 14.9 Å². The standard InChI is InChI=1S/C20H18N2O4/c1-14(2)10-19(23)26-17-7-5-15(6-8-17)11-16(12-21)20(24)22-13-18-4-3-9-25-18/h3-11H,13H2,1-2H3,(H,22,24)/b16-11+. The van der Waals surface area contributed by atoms with E-state index in [0.29, 0.717) is 17.1 Å². The summed E-state index contributed by atoms with van der Waals surface area (Å²) in [4.78, 5) is 23.6. The Bertz CT molecular complexity index is 866. The first-order valence-electron chi connectivity index (χ1n) is 7.87. The number of carbonyl (C=O) groups excluding carboxylic acids is 2.